The zero-order valence-electron chi connectivity index (χ0n) is 14.9. The molecule has 28 heavy (non-hydrogen) atoms. The van der Waals surface area contributed by atoms with Crippen LogP contribution in [0.25, 0.3) is 10.9 Å². The molecule has 2 saturated heterocycles. The van der Waals surface area contributed by atoms with Crippen LogP contribution >= 0.6 is 0 Å². The summed E-state index contributed by atoms with van der Waals surface area (Å²) in [4.78, 5) is 4.17. The van der Waals surface area contributed by atoms with Crippen LogP contribution in [-0.4, -0.2) is 69.6 Å². The minimum atomic E-state index is -4.15. The number of hydrogen-bond donors (Lipinski definition) is 0. The predicted molar refractivity (Wildman–Crippen MR) is 105 cm³/mol. The van der Waals surface area contributed by atoms with Crippen LogP contribution in [0.1, 0.15) is 12.8 Å². The number of benzene rings is 1. The van der Waals surface area contributed by atoms with E-state index in [1.165, 1.54) is 12.3 Å². The predicted octanol–water partition coefficient (Wildman–Crippen LogP) is 0.600. The highest BCUT2D eigenvalue weighted by Crippen LogP contribution is 2.33. The SMILES string of the molecule is O=S1(=O)CC[C@@H](N([C@@H]2CCS(=O)(=O)C2)S(=O)(=O)c2cccc3cccnc23)C1. The Kier molecular flexibility index (Phi) is 4.76. The van der Waals surface area contributed by atoms with Crippen molar-refractivity contribution in [3.05, 3.63) is 36.5 Å². The molecular weight excluding hydrogens is 424 g/mol. The molecule has 2 fully saturated rings. The van der Waals surface area contributed by atoms with E-state index in [0.29, 0.717) is 5.39 Å². The summed E-state index contributed by atoms with van der Waals surface area (Å²) in [7, 11) is -10.9. The molecule has 152 valence electrons. The molecule has 0 spiro atoms. The van der Waals surface area contributed by atoms with Crippen molar-refractivity contribution in [3.63, 3.8) is 0 Å². The van der Waals surface area contributed by atoms with E-state index in [0.717, 1.165) is 4.31 Å². The third-order valence-electron chi connectivity index (χ3n) is 5.29. The topological polar surface area (TPSA) is 119 Å². The van der Waals surface area contributed by atoms with Crippen LogP contribution in [0.3, 0.4) is 0 Å². The first-order chi connectivity index (χ1) is 13.1. The number of sulfonamides is 1. The van der Waals surface area contributed by atoms with E-state index in [1.54, 1.807) is 24.3 Å². The summed E-state index contributed by atoms with van der Waals surface area (Å²) in [5.41, 5.74) is 0.289. The van der Waals surface area contributed by atoms with E-state index >= 15 is 0 Å². The van der Waals surface area contributed by atoms with Gasteiger partial charge in [-0.15, -0.1) is 0 Å². The summed E-state index contributed by atoms with van der Waals surface area (Å²) in [6.45, 7) is 0. The van der Waals surface area contributed by atoms with E-state index in [-0.39, 0.29) is 46.3 Å². The third kappa shape index (κ3) is 3.56. The molecule has 2 aliphatic rings. The molecule has 2 aromatic rings. The number of para-hydroxylation sites is 1. The summed E-state index contributed by atoms with van der Waals surface area (Å²) < 4.78 is 76.5. The largest absolute Gasteiger partial charge is 0.255 e. The van der Waals surface area contributed by atoms with Gasteiger partial charge in [-0.3, -0.25) is 4.98 Å². The lowest BCUT2D eigenvalue weighted by atomic mass is 10.2. The number of aromatic nitrogens is 1. The lowest BCUT2D eigenvalue weighted by Gasteiger charge is -2.32. The highest BCUT2D eigenvalue weighted by molar-refractivity contribution is 7.92. The molecule has 0 N–H and O–H groups in total. The van der Waals surface area contributed by atoms with Gasteiger partial charge in [0.15, 0.2) is 19.7 Å². The van der Waals surface area contributed by atoms with Gasteiger partial charge in [-0.1, -0.05) is 18.2 Å². The summed E-state index contributed by atoms with van der Waals surface area (Å²) in [5, 5.41) is 0.640. The second-order valence-corrected chi connectivity index (χ2v) is 13.5. The van der Waals surface area contributed by atoms with Gasteiger partial charge in [0.1, 0.15) is 4.90 Å². The normalized spacial score (nSPS) is 26.8. The van der Waals surface area contributed by atoms with E-state index in [4.69, 9.17) is 0 Å². The minimum absolute atomic E-state index is 0.0285. The Bertz CT molecular complexity index is 1190. The van der Waals surface area contributed by atoms with Crippen molar-refractivity contribution in [2.75, 3.05) is 23.0 Å². The Labute approximate surface area is 164 Å². The van der Waals surface area contributed by atoms with Gasteiger partial charge in [-0.05, 0) is 25.0 Å². The van der Waals surface area contributed by atoms with Crippen molar-refractivity contribution < 1.29 is 25.3 Å². The van der Waals surface area contributed by atoms with Crippen molar-refractivity contribution in [1.29, 1.82) is 0 Å². The zero-order valence-corrected chi connectivity index (χ0v) is 17.4. The van der Waals surface area contributed by atoms with Crippen LogP contribution in [0, 0.1) is 0 Å². The first-order valence-electron chi connectivity index (χ1n) is 8.87. The van der Waals surface area contributed by atoms with E-state index in [9.17, 15) is 25.3 Å². The molecule has 1 aromatic heterocycles. The number of hydrogen-bond acceptors (Lipinski definition) is 7. The van der Waals surface area contributed by atoms with Crippen LogP contribution in [-0.2, 0) is 29.7 Å². The zero-order chi connectivity index (χ0) is 20.2. The van der Waals surface area contributed by atoms with Gasteiger partial charge in [0.25, 0.3) is 0 Å². The molecule has 0 radical (unpaired) electrons. The molecular formula is C17H20N2O6S3. The van der Waals surface area contributed by atoms with Crippen LogP contribution in [0.4, 0.5) is 0 Å². The summed E-state index contributed by atoms with van der Waals surface area (Å²) in [6.07, 6.45) is 1.82. The number of pyridine rings is 1. The molecule has 0 aliphatic carbocycles. The Morgan fingerprint density at radius 1 is 0.893 bits per heavy atom. The van der Waals surface area contributed by atoms with Gasteiger partial charge in [-0.2, -0.15) is 4.31 Å². The molecule has 4 rings (SSSR count). The monoisotopic (exact) mass is 444 g/mol. The van der Waals surface area contributed by atoms with E-state index in [2.05, 4.69) is 4.98 Å². The minimum Gasteiger partial charge on any atom is -0.255 e. The molecule has 0 saturated carbocycles. The van der Waals surface area contributed by atoms with Crippen molar-refractivity contribution in [2.24, 2.45) is 0 Å². The highest BCUT2D eigenvalue weighted by atomic mass is 32.2. The second-order valence-electron chi connectivity index (χ2n) is 7.28. The van der Waals surface area contributed by atoms with Crippen LogP contribution in [0.2, 0.25) is 0 Å². The van der Waals surface area contributed by atoms with Crippen molar-refractivity contribution in [1.82, 2.24) is 9.29 Å². The van der Waals surface area contributed by atoms with Crippen LogP contribution in [0.15, 0.2) is 41.4 Å². The smallest absolute Gasteiger partial charge is 0.245 e. The van der Waals surface area contributed by atoms with Gasteiger partial charge in [-0.25, -0.2) is 25.3 Å². The Balaban J connectivity index is 1.85. The van der Waals surface area contributed by atoms with Crippen molar-refractivity contribution >= 4 is 40.6 Å². The molecule has 2 aliphatic heterocycles. The fourth-order valence-electron chi connectivity index (χ4n) is 4.04. The maximum Gasteiger partial charge on any atom is 0.245 e. The number of sulfone groups is 2. The fourth-order valence-corrected chi connectivity index (χ4v) is 9.69. The maximum absolute atomic E-state index is 13.6. The van der Waals surface area contributed by atoms with Crippen molar-refractivity contribution in [2.45, 2.75) is 29.8 Å². The molecule has 0 amide bonds. The lowest BCUT2D eigenvalue weighted by molar-refractivity contribution is 0.280. The standard InChI is InChI=1S/C17H20N2O6S3/c20-26(21)9-6-14(11-26)19(15-7-10-27(22,23)12-15)28(24,25)16-5-1-3-13-4-2-8-18-17(13)16/h1-5,8,14-15H,6-7,9-12H2/t14-,15-/m1/s1. The van der Waals surface area contributed by atoms with Gasteiger partial charge in [0, 0.05) is 23.7 Å². The van der Waals surface area contributed by atoms with E-state index in [1.807, 2.05) is 0 Å². The number of fused-ring (bicyclic) bond motifs is 1. The highest BCUT2D eigenvalue weighted by Gasteiger charge is 2.46. The second kappa shape index (κ2) is 6.75. The van der Waals surface area contributed by atoms with Gasteiger partial charge in [0.2, 0.25) is 10.0 Å². The maximum atomic E-state index is 13.6. The molecule has 0 unspecified atom stereocenters. The molecule has 8 nitrogen and oxygen atoms in total. The molecule has 0 bridgehead atoms. The Morgan fingerprint density at radius 3 is 2.00 bits per heavy atom. The quantitative estimate of drug-likeness (QED) is 0.677. The number of rotatable bonds is 4. The van der Waals surface area contributed by atoms with Crippen molar-refractivity contribution in [3.8, 4) is 0 Å². The first kappa shape index (κ1) is 19.7. The average molecular weight is 445 g/mol. The van der Waals surface area contributed by atoms with Crippen LogP contribution < -0.4 is 0 Å². The summed E-state index contributed by atoms with van der Waals surface area (Å²) in [5.74, 6) is -0.782. The molecule has 3 heterocycles. The molecule has 1 aromatic carbocycles. The number of nitrogens with zero attached hydrogens (tertiary/aromatic N) is 2. The first-order valence-corrected chi connectivity index (χ1v) is 14.0. The fraction of sp³-hybridized carbons (Fsp3) is 0.471. The van der Waals surface area contributed by atoms with E-state index < -0.39 is 41.8 Å². The third-order valence-corrected chi connectivity index (χ3v) is 10.8. The summed E-state index contributed by atoms with van der Waals surface area (Å²) in [6, 6.07) is 6.68. The summed E-state index contributed by atoms with van der Waals surface area (Å²) >= 11 is 0. The van der Waals surface area contributed by atoms with Gasteiger partial charge in [0.05, 0.1) is 28.5 Å². The van der Waals surface area contributed by atoms with Gasteiger partial charge >= 0.3 is 0 Å². The Morgan fingerprint density at radius 2 is 1.46 bits per heavy atom. The lowest BCUT2D eigenvalue weighted by Crippen LogP contribution is -2.48. The van der Waals surface area contributed by atoms with Gasteiger partial charge < -0.3 is 0 Å². The Hall–Kier alpha value is -1.56. The molecule has 2 atom stereocenters. The average Bonchev–Trinajstić information content (AvgIpc) is 3.15. The van der Waals surface area contributed by atoms with Crippen LogP contribution in [0.5, 0.6) is 0 Å². The molecule has 11 heteroatoms.